The normalized spacial score (nSPS) is 10.7. The quantitative estimate of drug-likeness (QED) is 0.458. The molecular formula is C21H19ClF2N4O3. The summed E-state index contributed by atoms with van der Waals surface area (Å²) in [7, 11) is 0. The van der Waals surface area contributed by atoms with Gasteiger partial charge in [-0.1, -0.05) is 11.6 Å². The zero-order chi connectivity index (χ0) is 22.2. The lowest BCUT2D eigenvalue weighted by Crippen LogP contribution is -2.36. The largest absolute Gasteiger partial charge is 0.447 e. The van der Waals surface area contributed by atoms with Gasteiger partial charge >= 0.3 is 6.09 Å². The predicted molar refractivity (Wildman–Crippen MR) is 113 cm³/mol. The molecule has 0 fully saturated rings. The van der Waals surface area contributed by atoms with E-state index in [-0.39, 0.29) is 38.0 Å². The molecule has 1 heterocycles. The van der Waals surface area contributed by atoms with Crippen molar-refractivity contribution in [2.45, 2.75) is 6.54 Å². The van der Waals surface area contributed by atoms with Crippen molar-refractivity contribution in [3.8, 4) is 0 Å². The Labute approximate surface area is 181 Å². The Bertz CT molecular complexity index is 1100. The zero-order valence-electron chi connectivity index (χ0n) is 16.3. The Morgan fingerprint density at radius 1 is 1.03 bits per heavy atom. The molecule has 3 rings (SSSR count). The van der Waals surface area contributed by atoms with Gasteiger partial charge in [-0.2, -0.15) is 0 Å². The summed E-state index contributed by atoms with van der Waals surface area (Å²) in [5.74, 6) is -0.911. The van der Waals surface area contributed by atoms with Crippen LogP contribution in [0.1, 0.15) is 5.56 Å². The van der Waals surface area contributed by atoms with E-state index in [9.17, 15) is 18.4 Å². The first-order valence-corrected chi connectivity index (χ1v) is 9.69. The average Bonchev–Trinajstić information content (AvgIpc) is 2.73. The van der Waals surface area contributed by atoms with Crippen LogP contribution in [-0.4, -0.2) is 36.7 Å². The number of anilines is 1. The predicted octanol–water partition coefficient (Wildman–Crippen LogP) is 3.62. The summed E-state index contributed by atoms with van der Waals surface area (Å²) in [4.78, 5) is 27.7. The van der Waals surface area contributed by atoms with E-state index in [0.717, 1.165) is 5.39 Å². The van der Waals surface area contributed by atoms with Crippen LogP contribution in [0.15, 0.2) is 48.7 Å². The summed E-state index contributed by atoms with van der Waals surface area (Å²) in [6, 6.07) is 9.76. The number of benzene rings is 2. The molecule has 0 saturated carbocycles. The van der Waals surface area contributed by atoms with E-state index in [1.165, 1.54) is 42.6 Å². The molecule has 3 aromatic rings. The average molecular weight is 449 g/mol. The molecule has 0 bridgehead atoms. The van der Waals surface area contributed by atoms with Crippen LogP contribution in [0.3, 0.4) is 0 Å². The monoisotopic (exact) mass is 448 g/mol. The van der Waals surface area contributed by atoms with E-state index in [1.54, 1.807) is 6.07 Å². The molecule has 0 spiro atoms. The van der Waals surface area contributed by atoms with Gasteiger partial charge in [-0.25, -0.2) is 18.6 Å². The minimum Gasteiger partial charge on any atom is -0.447 e. The number of carbonyl (C=O) groups is 2. The molecule has 0 saturated heterocycles. The maximum absolute atomic E-state index is 13.3. The summed E-state index contributed by atoms with van der Waals surface area (Å²) in [5.41, 5.74) is 0.541. The van der Waals surface area contributed by atoms with Crippen molar-refractivity contribution < 1.29 is 23.1 Å². The Morgan fingerprint density at radius 2 is 1.81 bits per heavy atom. The number of ether oxygens (including phenoxy) is 1. The SMILES string of the molecule is O=C(CNCc1cc(F)ccc1Cl)NCCOC(=O)Nc1cc2cc(F)ccc2cn1. The Hall–Kier alpha value is -3.30. The number of hydrogen-bond donors (Lipinski definition) is 3. The van der Waals surface area contributed by atoms with Crippen LogP contribution in [0.5, 0.6) is 0 Å². The number of hydrogen-bond acceptors (Lipinski definition) is 5. The Morgan fingerprint density at radius 3 is 2.65 bits per heavy atom. The van der Waals surface area contributed by atoms with Crippen molar-refractivity contribution in [1.82, 2.24) is 15.6 Å². The van der Waals surface area contributed by atoms with Crippen molar-refractivity contribution in [3.05, 3.63) is 70.9 Å². The first kappa shape index (κ1) is 22.4. The van der Waals surface area contributed by atoms with E-state index in [0.29, 0.717) is 16.0 Å². The number of nitrogens with one attached hydrogen (secondary N) is 3. The first-order valence-electron chi connectivity index (χ1n) is 9.31. The van der Waals surface area contributed by atoms with Crippen LogP contribution in [-0.2, 0) is 16.1 Å². The summed E-state index contributed by atoms with van der Waals surface area (Å²) in [6.07, 6.45) is 0.755. The molecule has 0 unspecified atom stereocenters. The number of nitrogens with zero attached hydrogens (tertiary/aromatic N) is 1. The van der Waals surface area contributed by atoms with Gasteiger partial charge < -0.3 is 15.4 Å². The molecule has 31 heavy (non-hydrogen) atoms. The third-order valence-electron chi connectivity index (χ3n) is 4.18. The molecule has 2 aromatic carbocycles. The van der Waals surface area contributed by atoms with Gasteiger partial charge in [-0.15, -0.1) is 0 Å². The molecule has 2 amide bonds. The van der Waals surface area contributed by atoms with E-state index in [2.05, 4.69) is 20.9 Å². The molecule has 10 heteroatoms. The number of amides is 2. The van der Waals surface area contributed by atoms with Gasteiger partial charge in [0.15, 0.2) is 0 Å². The zero-order valence-corrected chi connectivity index (χ0v) is 17.0. The van der Waals surface area contributed by atoms with Crippen LogP contribution in [0, 0.1) is 11.6 Å². The fourth-order valence-corrected chi connectivity index (χ4v) is 2.89. The third kappa shape index (κ3) is 6.87. The van der Waals surface area contributed by atoms with Crippen molar-refractivity contribution in [2.24, 2.45) is 0 Å². The van der Waals surface area contributed by atoms with E-state index >= 15 is 0 Å². The molecule has 0 atom stereocenters. The first-order chi connectivity index (χ1) is 14.9. The van der Waals surface area contributed by atoms with Crippen molar-refractivity contribution >= 4 is 40.2 Å². The standard InChI is InChI=1S/C21H19ClF2N4O3/c22-18-4-3-17(24)8-15(18)10-25-12-20(29)26-5-6-31-21(30)28-19-9-14-7-16(23)2-1-13(14)11-27-19/h1-4,7-9,11,25H,5-6,10,12H2,(H,26,29)(H,27,28,30). The maximum atomic E-state index is 13.3. The van der Waals surface area contributed by atoms with Gasteiger partial charge in [0.2, 0.25) is 5.91 Å². The lowest BCUT2D eigenvalue weighted by atomic mass is 10.2. The summed E-state index contributed by atoms with van der Waals surface area (Å²) >= 11 is 5.95. The molecule has 1 aromatic heterocycles. The number of aromatic nitrogens is 1. The Balaban J connectivity index is 1.34. The minimum atomic E-state index is -0.753. The topological polar surface area (TPSA) is 92.4 Å². The maximum Gasteiger partial charge on any atom is 0.412 e. The van der Waals surface area contributed by atoms with Gasteiger partial charge in [0.25, 0.3) is 0 Å². The molecule has 0 radical (unpaired) electrons. The van der Waals surface area contributed by atoms with Gasteiger partial charge in [0.1, 0.15) is 24.1 Å². The van der Waals surface area contributed by atoms with Gasteiger partial charge in [0, 0.05) is 23.2 Å². The number of pyridine rings is 1. The lowest BCUT2D eigenvalue weighted by Gasteiger charge is -2.09. The molecule has 0 aliphatic carbocycles. The lowest BCUT2D eigenvalue weighted by molar-refractivity contribution is -0.120. The minimum absolute atomic E-state index is 0.0173. The molecule has 7 nitrogen and oxygen atoms in total. The van der Waals surface area contributed by atoms with Crippen molar-refractivity contribution in [2.75, 3.05) is 25.0 Å². The number of carbonyl (C=O) groups excluding carboxylic acids is 2. The van der Waals surface area contributed by atoms with Crippen molar-refractivity contribution in [1.29, 1.82) is 0 Å². The third-order valence-corrected chi connectivity index (χ3v) is 4.55. The van der Waals surface area contributed by atoms with Crippen LogP contribution < -0.4 is 16.0 Å². The van der Waals surface area contributed by atoms with Crippen molar-refractivity contribution in [3.63, 3.8) is 0 Å². The van der Waals surface area contributed by atoms with Crippen LogP contribution >= 0.6 is 11.6 Å². The summed E-state index contributed by atoms with van der Waals surface area (Å²) in [6.45, 7) is 0.253. The molecule has 162 valence electrons. The number of rotatable bonds is 8. The van der Waals surface area contributed by atoms with Crippen LogP contribution in [0.2, 0.25) is 5.02 Å². The molecule has 3 N–H and O–H groups in total. The highest BCUT2D eigenvalue weighted by Gasteiger charge is 2.07. The van der Waals surface area contributed by atoms with Gasteiger partial charge in [0.05, 0.1) is 13.1 Å². The highest BCUT2D eigenvalue weighted by atomic mass is 35.5. The highest BCUT2D eigenvalue weighted by Crippen LogP contribution is 2.18. The number of fused-ring (bicyclic) bond motifs is 1. The van der Waals surface area contributed by atoms with Gasteiger partial charge in [-0.3, -0.25) is 10.1 Å². The summed E-state index contributed by atoms with van der Waals surface area (Å²) in [5, 5.41) is 9.59. The second kappa shape index (κ2) is 10.6. The summed E-state index contributed by atoms with van der Waals surface area (Å²) < 4.78 is 31.5. The van der Waals surface area contributed by atoms with Crippen LogP contribution in [0.25, 0.3) is 10.8 Å². The second-order valence-corrected chi connectivity index (χ2v) is 6.92. The molecular weight excluding hydrogens is 430 g/mol. The smallest absolute Gasteiger partial charge is 0.412 e. The highest BCUT2D eigenvalue weighted by molar-refractivity contribution is 6.31. The number of halogens is 3. The van der Waals surface area contributed by atoms with Gasteiger partial charge in [-0.05, 0) is 53.4 Å². The molecule has 0 aliphatic heterocycles. The van der Waals surface area contributed by atoms with E-state index in [1.807, 2.05) is 0 Å². The fraction of sp³-hybridized carbons (Fsp3) is 0.190. The van der Waals surface area contributed by atoms with Crippen LogP contribution in [0.4, 0.5) is 19.4 Å². The fourth-order valence-electron chi connectivity index (χ4n) is 2.71. The van der Waals surface area contributed by atoms with E-state index < -0.39 is 17.7 Å². The van der Waals surface area contributed by atoms with E-state index in [4.69, 9.17) is 16.3 Å². The Kier molecular flexibility index (Phi) is 7.69. The second-order valence-electron chi connectivity index (χ2n) is 6.51. The molecule has 0 aliphatic rings.